The van der Waals surface area contributed by atoms with Crippen LogP contribution >= 0.6 is 0 Å². The summed E-state index contributed by atoms with van der Waals surface area (Å²) in [6.45, 7) is 6.57. The van der Waals surface area contributed by atoms with Crippen molar-refractivity contribution < 1.29 is 45.4 Å². The van der Waals surface area contributed by atoms with Gasteiger partial charge in [0.05, 0.1) is 40.9 Å². The molecular formula is C36H45F4N3O6S. The summed E-state index contributed by atoms with van der Waals surface area (Å²) in [5.74, 6) is -1.07. The molecule has 9 nitrogen and oxygen atoms in total. The smallest absolute Gasteiger partial charge is 0.416 e. The van der Waals surface area contributed by atoms with Crippen LogP contribution in [0.3, 0.4) is 0 Å². The molecule has 1 heterocycles. The van der Waals surface area contributed by atoms with Gasteiger partial charge in [-0.3, -0.25) is 14.4 Å². The highest BCUT2D eigenvalue weighted by Crippen LogP contribution is 2.31. The number of aliphatic hydroxyl groups is 1. The standard InChI is InChI=1S/C36H45F4N3O6S/c1-24-20-43(25(2)23-44)35(45)32-19-30(41-50(46,47)31-15-12-29(37)13-16-31)14-17-33(32)49-26(3)7-5-6-18-48-34(24)22-42(4)21-27-8-10-28(11-9-27)36(38,39)40/h8-17,19,24-26,34,41,44H,5-7,18,20-23H2,1-4H3/t24-,25-,26-,34+/m1/s1. The molecule has 0 radical (unpaired) electrons. The Kier molecular flexibility index (Phi) is 13.3. The second-order valence-electron chi connectivity index (χ2n) is 13.0. The van der Waals surface area contributed by atoms with Crippen molar-refractivity contribution in [2.75, 3.05) is 38.1 Å². The van der Waals surface area contributed by atoms with Gasteiger partial charge in [0, 0.05) is 37.8 Å². The van der Waals surface area contributed by atoms with Crippen molar-refractivity contribution in [2.45, 2.75) is 75.9 Å². The van der Waals surface area contributed by atoms with E-state index in [4.69, 9.17) is 9.47 Å². The molecule has 0 saturated heterocycles. The molecule has 3 aromatic carbocycles. The first-order valence-corrected chi connectivity index (χ1v) is 18.0. The number of fused-ring (bicyclic) bond motifs is 1. The number of carbonyl (C=O) groups excluding carboxylic acids is 1. The predicted molar refractivity (Wildman–Crippen MR) is 182 cm³/mol. The monoisotopic (exact) mass is 723 g/mol. The minimum atomic E-state index is -4.42. The van der Waals surface area contributed by atoms with E-state index < -0.39 is 39.5 Å². The number of likely N-dealkylation sites (N-methyl/N-ethyl adjacent to an activating group) is 1. The summed E-state index contributed by atoms with van der Waals surface area (Å²) in [7, 11) is -2.27. The fourth-order valence-corrected chi connectivity index (χ4v) is 6.81. The number of rotatable bonds is 9. The van der Waals surface area contributed by atoms with Gasteiger partial charge in [-0.1, -0.05) is 19.1 Å². The first kappa shape index (κ1) is 39.1. The van der Waals surface area contributed by atoms with Crippen molar-refractivity contribution >= 4 is 21.6 Å². The number of aliphatic hydroxyl groups excluding tert-OH is 1. The van der Waals surface area contributed by atoms with Gasteiger partial charge in [-0.15, -0.1) is 0 Å². The Bertz CT molecular complexity index is 1670. The predicted octanol–water partition coefficient (Wildman–Crippen LogP) is 6.57. The van der Waals surface area contributed by atoms with Crippen molar-refractivity contribution in [3.63, 3.8) is 0 Å². The lowest BCUT2D eigenvalue weighted by molar-refractivity contribution is -0.137. The average Bonchev–Trinajstić information content (AvgIpc) is 3.06. The molecule has 0 fully saturated rings. The first-order chi connectivity index (χ1) is 23.6. The summed E-state index contributed by atoms with van der Waals surface area (Å²) in [6, 6.07) is 13.2. The van der Waals surface area contributed by atoms with E-state index in [1.165, 1.54) is 35.2 Å². The van der Waals surface area contributed by atoms with Gasteiger partial charge in [-0.2, -0.15) is 13.2 Å². The Morgan fingerprint density at radius 3 is 2.36 bits per heavy atom. The molecule has 0 bridgehead atoms. The van der Waals surface area contributed by atoms with E-state index in [2.05, 4.69) is 4.72 Å². The van der Waals surface area contributed by atoms with Gasteiger partial charge < -0.3 is 19.5 Å². The van der Waals surface area contributed by atoms with E-state index in [0.29, 0.717) is 31.7 Å². The highest BCUT2D eigenvalue weighted by Gasteiger charge is 2.32. The topological polar surface area (TPSA) is 108 Å². The molecule has 274 valence electrons. The number of ether oxygens (including phenoxy) is 2. The summed E-state index contributed by atoms with van der Waals surface area (Å²) in [4.78, 5) is 17.6. The van der Waals surface area contributed by atoms with Crippen molar-refractivity contribution in [1.29, 1.82) is 0 Å². The zero-order valence-corrected chi connectivity index (χ0v) is 29.4. The molecule has 0 aliphatic carbocycles. The maximum absolute atomic E-state index is 14.3. The van der Waals surface area contributed by atoms with Gasteiger partial charge in [0.1, 0.15) is 11.6 Å². The minimum Gasteiger partial charge on any atom is -0.490 e. The molecule has 1 aliphatic rings. The Labute approximate surface area is 291 Å². The number of halogens is 4. The highest BCUT2D eigenvalue weighted by molar-refractivity contribution is 7.92. The van der Waals surface area contributed by atoms with E-state index in [-0.39, 0.29) is 53.2 Å². The molecule has 14 heteroatoms. The molecule has 1 amide bonds. The number of carbonyl (C=O) groups is 1. The molecule has 1 aliphatic heterocycles. The number of nitrogens with one attached hydrogen (secondary N) is 1. The SMILES string of the molecule is C[C@@H]1CCCCO[C@@H](CN(C)Cc2ccc(C(F)(F)F)cc2)[C@H](C)CN([C@H](C)CO)C(=O)c2cc(NS(=O)(=O)c3ccc(F)cc3)ccc2O1. The second kappa shape index (κ2) is 17.0. The largest absolute Gasteiger partial charge is 0.490 e. The van der Waals surface area contributed by atoms with Crippen molar-refractivity contribution in [2.24, 2.45) is 5.92 Å². The number of anilines is 1. The molecular weight excluding hydrogens is 678 g/mol. The van der Waals surface area contributed by atoms with Gasteiger partial charge in [0.2, 0.25) is 0 Å². The number of amides is 1. The number of benzene rings is 3. The third-order valence-corrected chi connectivity index (χ3v) is 10.1. The van der Waals surface area contributed by atoms with Crippen LogP contribution in [0.2, 0.25) is 0 Å². The lowest BCUT2D eigenvalue weighted by atomic mass is 10.0. The number of sulfonamides is 1. The van der Waals surface area contributed by atoms with E-state index in [9.17, 15) is 35.9 Å². The number of nitrogens with zero attached hydrogens (tertiary/aromatic N) is 2. The van der Waals surface area contributed by atoms with Crippen molar-refractivity contribution in [3.05, 3.63) is 89.2 Å². The van der Waals surface area contributed by atoms with Crippen LogP contribution in [0.25, 0.3) is 0 Å². The van der Waals surface area contributed by atoms with Gasteiger partial charge in [0.25, 0.3) is 15.9 Å². The van der Waals surface area contributed by atoms with Crippen molar-refractivity contribution in [3.8, 4) is 5.75 Å². The maximum atomic E-state index is 14.3. The molecule has 0 unspecified atom stereocenters. The highest BCUT2D eigenvalue weighted by atomic mass is 32.2. The van der Waals surface area contributed by atoms with Crippen molar-refractivity contribution in [1.82, 2.24) is 9.80 Å². The Morgan fingerprint density at radius 1 is 1.04 bits per heavy atom. The Balaban J connectivity index is 1.61. The number of hydrogen-bond donors (Lipinski definition) is 2. The molecule has 4 rings (SSSR count). The summed E-state index contributed by atoms with van der Waals surface area (Å²) >= 11 is 0. The summed E-state index contributed by atoms with van der Waals surface area (Å²) in [5, 5.41) is 10.2. The van der Waals surface area contributed by atoms with Crippen LogP contribution in [0.5, 0.6) is 5.75 Å². The van der Waals surface area contributed by atoms with Crippen LogP contribution in [0.1, 0.15) is 61.5 Å². The normalized spacial score (nSPS) is 20.5. The molecule has 0 aromatic heterocycles. The van der Waals surface area contributed by atoms with Crippen LogP contribution in [-0.4, -0.2) is 80.8 Å². The molecule has 0 saturated carbocycles. The van der Waals surface area contributed by atoms with Crippen LogP contribution in [0, 0.1) is 11.7 Å². The Hall–Kier alpha value is -3.72. The molecule has 50 heavy (non-hydrogen) atoms. The van der Waals surface area contributed by atoms with E-state index in [0.717, 1.165) is 49.2 Å². The summed E-state index contributed by atoms with van der Waals surface area (Å²) in [6.07, 6.45) is -2.91. The van der Waals surface area contributed by atoms with Gasteiger partial charge in [-0.25, -0.2) is 12.8 Å². The average molecular weight is 724 g/mol. The summed E-state index contributed by atoms with van der Waals surface area (Å²) in [5.41, 5.74) is 0.178. The van der Waals surface area contributed by atoms with Crippen LogP contribution in [-0.2, 0) is 27.5 Å². The third-order valence-electron chi connectivity index (χ3n) is 8.65. The molecule has 3 aromatic rings. The van der Waals surface area contributed by atoms with E-state index in [1.807, 2.05) is 25.8 Å². The summed E-state index contributed by atoms with van der Waals surface area (Å²) < 4.78 is 93.8. The van der Waals surface area contributed by atoms with Crippen LogP contribution in [0.4, 0.5) is 23.2 Å². The lowest BCUT2D eigenvalue weighted by Gasteiger charge is -2.36. The zero-order valence-electron chi connectivity index (χ0n) is 28.6. The fraction of sp³-hybridized carbons (Fsp3) is 0.472. The third kappa shape index (κ3) is 10.6. The van der Waals surface area contributed by atoms with Crippen LogP contribution in [0.15, 0.2) is 71.6 Å². The Morgan fingerprint density at radius 2 is 1.72 bits per heavy atom. The fourth-order valence-electron chi connectivity index (χ4n) is 5.76. The minimum absolute atomic E-state index is 0.0922. The molecule has 4 atom stereocenters. The van der Waals surface area contributed by atoms with E-state index >= 15 is 0 Å². The molecule has 0 spiro atoms. The second-order valence-corrected chi connectivity index (χ2v) is 14.6. The van der Waals surface area contributed by atoms with Gasteiger partial charge >= 0.3 is 6.18 Å². The first-order valence-electron chi connectivity index (χ1n) is 16.5. The van der Waals surface area contributed by atoms with Gasteiger partial charge in [0.15, 0.2) is 0 Å². The quantitative estimate of drug-likeness (QED) is 0.241. The number of hydrogen-bond acceptors (Lipinski definition) is 7. The number of alkyl halides is 3. The van der Waals surface area contributed by atoms with Gasteiger partial charge in [-0.05, 0) is 100 Å². The van der Waals surface area contributed by atoms with Crippen LogP contribution < -0.4 is 9.46 Å². The lowest BCUT2D eigenvalue weighted by Crippen LogP contribution is -2.47. The maximum Gasteiger partial charge on any atom is 0.416 e. The van der Waals surface area contributed by atoms with E-state index in [1.54, 1.807) is 6.92 Å². The zero-order chi connectivity index (χ0) is 36.6. The molecule has 2 N–H and O–H groups in total.